The highest BCUT2D eigenvalue weighted by atomic mass is 32.2. The molecule has 0 radical (unpaired) electrons. The van der Waals surface area contributed by atoms with Gasteiger partial charge >= 0.3 is 11.9 Å². The Labute approximate surface area is 98.5 Å². The quantitative estimate of drug-likeness (QED) is 0.393. The lowest BCUT2D eigenvalue weighted by molar-refractivity contribution is -0.139. The summed E-state index contributed by atoms with van der Waals surface area (Å²) in [7, 11) is -3.53. The normalized spacial score (nSPS) is 15.2. The van der Waals surface area contributed by atoms with Crippen LogP contribution in [0.4, 0.5) is 0 Å². The van der Waals surface area contributed by atoms with Crippen molar-refractivity contribution in [1.82, 2.24) is 0 Å². The Morgan fingerprint density at radius 2 is 1.24 bits per heavy atom. The van der Waals surface area contributed by atoms with E-state index in [0.29, 0.717) is 0 Å². The van der Waals surface area contributed by atoms with E-state index in [1.165, 1.54) is 0 Å². The molecule has 6 N–H and O–H groups in total. The third kappa shape index (κ3) is 6.87. The standard InChI is InChI=1S/C8H16N2O6S/c9-5(7(11)12)1-3-17(15,16)4-2-6(10)8(13)14/h5-6H,1-4,9-10H2,(H,11,12)(H,13,14)/t5-,6-/m0/s1. The van der Waals surface area contributed by atoms with Crippen LogP contribution in [-0.2, 0) is 19.4 Å². The maximum absolute atomic E-state index is 11.4. The van der Waals surface area contributed by atoms with Crippen LogP contribution in [0.1, 0.15) is 12.8 Å². The molecule has 0 saturated heterocycles. The Balaban J connectivity index is 4.14. The van der Waals surface area contributed by atoms with Gasteiger partial charge in [0.05, 0.1) is 11.5 Å². The van der Waals surface area contributed by atoms with Gasteiger partial charge in [-0.1, -0.05) is 0 Å². The zero-order valence-corrected chi connectivity index (χ0v) is 9.89. The number of rotatable bonds is 8. The number of carboxylic acid groups (broad SMARTS) is 2. The van der Waals surface area contributed by atoms with Crippen molar-refractivity contribution in [2.75, 3.05) is 11.5 Å². The minimum Gasteiger partial charge on any atom is -0.480 e. The van der Waals surface area contributed by atoms with Crippen LogP contribution < -0.4 is 11.5 Å². The van der Waals surface area contributed by atoms with Gasteiger partial charge in [0.15, 0.2) is 0 Å². The Morgan fingerprint density at radius 1 is 0.941 bits per heavy atom. The Morgan fingerprint density at radius 3 is 1.47 bits per heavy atom. The van der Waals surface area contributed by atoms with E-state index < -0.39 is 45.4 Å². The van der Waals surface area contributed by atoms with E-state index in [0.717, 1.165) is 0 Å². The third-order valence-electron chi connectivity index (χ3n) is 2.11. The van der Waals surface area contributed by atoms with Gasteiger partial charge in [0.25, 0.3) is 0 Å². The molecular weight excluding hydrogens is 252 g/mol. The number of hydrogen-bond donors (Lipinski definition) is 4. The Kier molecular flexibility index (Phi) is 6.07. The number of carboxylic acids is 2. The molecule has 0 aliphatic carbocycles. The lowest BCUT2D eigenvalue weighted by Gasteiger charge is -2.09. The van der Waals surface area contributed by atoms with Crippen molar-refractivity contribution in [1.29, 1.82) is 0 Å². The summed E-state index contributed by atoms with van der Waals surface area (Å²) >= 11 is 0. The molecule has 0 aliphatic heterocycles. The molecule has 0 saturated carbocycles. The predicted molar refractivity (Wildman–Crippen MR) is 59.1 cm³/mol. The summed E-state index contributed by atoms with van der Waals surface area (Å²) in [5.74, 6) is -3.34. The summed E-state index contributed by atoms with van der Waals surface area (Å²) in [4.78, 5) is 20.7. The molecule has 8 nitrogen and oxygen atoms in total. The Hall–Kier alpha value is -1.19. The lowest BCUT2D eigenvalue weighted by Crippen LogP contribution is -2.34. The van der Waals surface area contributed by atoms with Gasteiger partial charge in [-0.2, -0.15) is 0 Å². The first-order valence-electron chi connectivity index (χ1n) is 4.83. The molecular formula is C8H16N2O6S. The van der Waals surface area contributed by atoms with Crippen molar-refractivity contribution in [3.05, 3.63) is 0 Å². The highest BCUT2D eigenvalue weighted by Crippen LogP contribution is 2.01. The maximum atomic E-state index is 11.4. The number of sulfone groups is 1. The molecule has 17 heavy (non-hydrogen) atoms. The van der Waals surface area contributed by atoms with Crippen molar-refractivity contribution >= 4 is 21.8 Å². The molecule has 0 rings (SSSR count). The summed E-state index contributed by atoms with van der Waals surface area (Å²) in [6.07, 6.45) is -0.417. The van der Waals surface area contributed by atoms with E-state index in [1.807, 2.05) is 0 Å². The topological polar surface area (TPSA) is 161 Å². The molecule has 0 aromatic carbocycles. The molecule has 2 atom stereocenters. The second-order valence-corrected chi connectivity index (χ2v) is 5.92. The van der Waals surface area contributed by atoms with Gasteiger partial charge in [0.1, 0.15) is 21.9 Å². The first-order chi connectivity index (χ1) is 7.65. The van der Waals surface area contributed by atoms with Gasteiger partial charge in [0.2, 0.25) is 0 Å². The van der Waals surface area contributed by atoms with Crippen molar-refractivity contribution in [2.45, 2.75) is 24.9 Å². The highest BCUT2D eigenvalue weighted by molar-refractivity contribution is 7.91. The minimum atomic E-state index is -3.53. The summed E-state index contributed by atoms with van der Waals surface area (Å²) in [5, 5.41) is 16.9. The molecule has 0 unspecified atom stereocenters. The first kappa shape index (κ1) is 15.8. The molecule has 0 aromatic heterocycles. The molecule has 100 valence electrons. The minimum absolute atomic E-state index is 0.208. The van der Waals surface area contributed by atoms with Gasteiger partial charge < -0.3 is 21.7 Å². The van der Waals surface area contributed by atoms with Gasteiger partial charge in [0, 0.05) is 0 Å². The second kappa shape index (κ2) is 6.52. The summed E-state index contributed by atoms with van der Waals surface area (Å²) in [5.41, 5.74) is 10.3. The number of carbonyl (C=O) groups is 2. The zero-order valence-electron chi connectivity index (χ0n) is 9.07. The van der Waals surface area contributed by atoms with Crippen LogP contribution >= 0.6 is 0 Å². The highest BCUT2D eigenvalue weighted by Gasteiger charge is 2.20. The summed E-state index contributed by atoms with van der Waals surface area (Å²) in [6.45, 7) is 0. The van der Waals surface area contributed by atoms with Crippen molar-refractivity contribution in [3.63, 3.8) is 0 Å². The van der Waals surface area contributed by atoms with Gasteiger partial charge in [-0.05, 0) is 12.8 Å². The Bertz CT molecular complexity index is 349. The van der Waals surface area contributed by atoms with Crippen LogP contribution in [0.3, 0.4) is 0 Å². The smallest absolute Gasteiger partial charge is 0.320 e. The lowest BCUT2D eigenvalue weighted by atomic mass is 10.2. The maximum Gasteiger partial charge on any atom is 0.320 e. The van der Waals surface area contributed by atoms with Crippen LogP contribution in [0.5, 0.6) is 0 Å². The monoisotopic (exact) mass is 268 g/mol. The van der Waals surface area contributed by atoms with Gasteiger partial charge in [-0.25, -0.2) is 8.42 Å². The van der Waals surface area contributed by atoms with Crippen molar-refractivity contribution in [2.24, 2.45) is 11.5 Å². The van der Waals surface area contributed by atoms with Crippen LogP contribution in [0.15, 0.2) is 0 Å². The molecule has 0 aromatic rings. The number of nitrogens with two attached hydrogens (primary N) is 2. The van der Waals surface area contributed by atoms with Crippen LogP contribution in [-0.4, -0.2) is 54.2 Å². The molecule has 9 heteroatoms. The summed E-state index contributed by atoms with van der Waals surface area (Å²) in [6, 6.07) is -2.48. The first-order valence-corrected chi connectivity index (χ1v) is 6.65. The van der Waals surface area contributed by atoms with Gasteiger partial charge in [-0.3, -0.25) is 9.59 Å². The molecule has 0 spiro atoms. The van der Waals surface area contributed by atoms with E-state index in [1.54, 1.807) is 0 Å². The van der Waals surface area contributed by atoms with E-state index in [4.69, 9.17) is 21.7 Å². The van der Waals surface area contributed by atoms with E-state index >= 15 is 0 Å². The molecule has 0 heterocycles. The second-order valence-electron chi connectivity index (χ2n) is 3.62. The average molecular weight is 268 g/mol. The molecule has 0 fully saturated rings. The van der Waals surface area contributed by atoms with Gasteiger partial charge in [-0.15, -0.1) is 0 Å². The van der Waals surface area contributed by atoms with Crippen LogP contribution in [0.2, 0.25) is 0 Å². The largest absolute Gasteiger partial charge is 0.480 e. The predicted octanol–water partition coefficient (Wildman–Crippen LogP) is -1.99. The zero-order chi connectivity index (χ0) is 13.6. The molecule has 0 amide bonds. The number of aliphatic carboxylic acids is 2. The molecule has 0 bridgehead atoms. The fourth-order valence-electron chi connectivity index (χ4n) is 0.962. The third-order valence-corrected chi connectivity index (χ3v) is 3.83. The van der Waals surface area contributed by atoms with Crippen molar-refractivity contribution < 1.29 is 28.2 Å². The SMILES string of the molecule is N[C@@H](CCS(=O)(=O)CC[C@H](N)C(=O)O)C(=O)O. The fraction of sp³-hybridized carbons (Fsp3) is 0.750. The number of hydrogen-bond acceptors (Lipinski definition) is 6. The van der Waals surface area contributed by atoms with E-state index in [-0.39, 0.29) is 12.8 Å². The van der Waals surface area contributed by atoms with Crippen LogP contribution in [0, 0.1) is 0 Å². The van der Waals surface area contributed by atoms with Crippen molar-refractivity contribution in [3.8, 4) is 0 Å². The average Bonchev–Trinajstić information content (AvgIpc) is 2.22. The molecule has 0 aliphatic rings. The summed E-state index contributed by atoms with van der Waals surface area (Å²) < 4.78 is 22.8. The van der Waals surface area contributed by atoms with E-state index in [9.17, 15) is 18.0 Å². The van der Waals surface area contributed by atoms with E-state index in [2.05, 4.69) is 0 Å². The fourth-order valence-corrected chi connectivity index (χ4v) is 2.39. The van der Waals surface area contributed by atoms with Crippen LogP contribution in [0.25, 0.3) is 0 Å².